The molecule has 0 radical (unpaired) electrons. The van der Waals surface area contributed by atoms with Crippen molar-refractivity contribution in [2.24, 2.45) is 5.92 Å². The third kappa shape index (κ3) is 4.79. The van der Waals surface area contributed by atoms with Crippen LogP contribution in [-0.2, 0) is 16.4 Å². The third-order valence-electron chi connectivity index (χ3n) is 6.23. The number of piperidine rings is 1. The Bertz CT molecular complexity index is 952. The Kier molecular flexibility index (Phi) is 5.85. The molecule has 1 N–H and O–H groups in total. The molecule has 0 atom stereocenters. The Morgan fingerprint density at radius 1 is 1.19 bits per heavy atom. The summed E-state index contributed by atoms with van der Waals surface area (Å²) in [4.78, 5) is 18.4. The second-order valence-electron chi connectivity index (χ2n) is 8.29. The number of pyridine rings is 1. The maximum Gasteiger partial charge on any atom is 0.417 e. The number of hydrogen-bond acceptors (Lipinski definition) is 3. The molecule has 4 rings (SSSR count). The summed E-state index contributed by atoms with van der Waals surface area (Å²) in [6, 6.07) is 7.30. The highest BCUT2D eigenvalue weighted by atomic mass is 35.5. The molecule has 1 aromatic carbocycles. The summed E-state index contributed by atoms with van der Waals surface area (Å²) in [6.07, 6.45) is -0.675. The number of amides is 1. The molecule has 1 aliphatic heterocycles. The number of alkyl halides is 3. The first-order valence-electron chi connectivity index (χ1n) is 10.2. The van der Waals surface area contributed by atoms with E-state index in [2.05, 4.69) is 10.3 Å². The number of hydrogen-bond donors (Lipinski definition) is 1. The van der Waals surface area contributed by atoms with Crippen molar-refractivity contribution in [3.63, 3.8) is 0 Å². The Balaban J connectivity index is 1.31. The molecule has 0 bridgehead atoms. The number of nitrogens with one attached hydrogen (secondary N) is 1. The van der Waals surface area contributed by atoms with Gasteiger partial charge in [0.2, 0.25) is 5.91 Å². The van der Waals surface area contributed by atoms with E-state index in [0.29, 0.717) is 38.3 Å². The van der Waals surface area contributed by atoms with Crippen molar-refractivity contribution < 1.29 is 22.4 Å². The van der Waals surface area contributed by atoms with Gasteiger partial charge in [-0.1, -0.05) is 23.7 Å². The van der Waals surface area contributed by atoms with Crippen molar-refractivity contribution in [2.45, 2.75) is 37.3 Å². The topological polar surface area (TPSA) is 45.2 Å². The van der Waals surface area contributed by atoms with Gasteiger partial charge < -0.3 is 10.2 Å². The molecule has 1 saturated carbocycles. The zero-order valence-corrected chi connectivity index (χ0v) is 17.4. The van der Waals surface area contributed by atoms with Crippen LogP contribution in [0.4, 0.5) is 23.4 Å². The summed E-state index contributed by atoms with van der Waals surface area (Å²) < 4.78 is 51.6. The largest absolute Gasteiger partial charge is 0.417 e. The van der Waals surface area contributed by atoms with Gasteiger partial charge in [-0.3, -0.25) is 4.79 Å². The number of carbonyl (C=O) groups is 1. The zero-order valence-electron chi connectivity index (χ0n) is 16.7. The van der Waals surface area contributed by atoms with Gasteiger partial charge in [0.15, 0.2) is 0 Å². The minimum absolute atomic E-state index is 0.0282. The van der Waals surface area contributed by atoms with E-state index in [4.69, 9.17) is 11.6 Å². The average Bonchev–Trinajstić information content (AvgIpc) is 3.53. The lowest BCUT2D eigenvalue weighted by Crippen LogP contribution is -2.42. The highest BCUT2D eigenvalue weighted by Gasteiger charge is 2.44. The summed E-state index contributed by atoms with van der Waals surface area (Å²) in [5, 5.41) is 2.99. The van der Waals surface area contributed by atoms with Crippen LogP contribution in [-0.4, -0.2) is 30.5 Å². The molecule has 1 saturated heterocycles. The average molecular weight is 456 g/mol. The van der Waals surface area contributed by atoms with Gasteiger partial charge in [-0.2, -0.15) is 13.2 Å². The number of rotatable bonds is 5. The number of aromatic nitrogens is 1. The Morgan fingerprint density at radius 3 is 2.39 bits per heavy atom. The van der Waals surface area contributed by atoms with Crippen LogP contribution in [0.5, 0.6) is 0 Å². The summed E-state index contributed by atoms with van der Waals surface area (Å²) in [5.41, 5.74) is 0.0413. The lowest BCUT2D eigenvalue weighted by Gasteiger charge is -2.33. The smallest absolute Gasteiger partial charge is 0.355 e. The van der Waals surface area contributed by atoms with Gasteiger partial charge in [-0.25, -0.2) is 9.37 Å². The van der Waals surface area contributed by atoms with E-state index < -0.39 is 11.7 Å². The van der Waals surface area contributed by atoms with Crippen molar-refractivity contribution in [1.29, 1.82) is 0 Å². The van der Waals surface area contributed by atoms with Crippen LogP contribution in [0.25, 0.3) is 0 Å². The van der Waals surface area contributed by atoms with Gasteiger partial charge in [-0.05, 0) is 49.4 Å². The van der Waals surface area contributed by atoms with Gasteiger partial charge in [0.25, 0.3) is 0 Å². The van der Waals surface area contributed by atoms with E-state index in [9.17, 15) is 22.4 Å². The van der Waals surface area contributed by atoms with Crippen LogP contribution < -0.4 is 10.2 Å². The van der Waals surface area contributed by atoms with Crippen LogP contribution in [0.3, 0.4) is 0 Å². The first-order valence-corrected chi connectivity index (χ1v) is 10.6. The first-order chi connectivity index (χ1) is 14.7. The number of carbonyl (C=O) groups excluding carboxylic acids is 1. The third-order valence-corrected chi connectivity index (χ3v) is 6.50. The summed E-state index contributed by atoms with van der Waals surface area (Å²) in [5.74, 6) is -0.173. The van der Waals surface area contributed by atoms with E-state index in [1.807, 2.05) is 4.90 Å². The van der Waals surface area contributed by atoms with E-state index >= 15 is 0 Å². The Morgan fingerprint density at radius 2 is 1.84 bits per heavy atom. The predicted molar refractivity (Wildman–Crippen MR) is 110 cm³/mol. The summed E-state index contributed by atoms with van der Waals surface area (Å²) >= 11 is 6.04. The van der Waals surface area contributed by atoms with E-state index in [1.165, 1.54) is 12.1 Å². The van der Waals surface area contributed by atoms with Crippen LogP contribution >= 0.6 is 11.6 Å². The fourth-order valence-corrected chi connectivity index (χ4v) is 4.38. The highest BCUT2D eigenvalue weighted by molar-refractivity contribution is 6.33. The molecule has 2 fully saturated rings. The Hall–Kier alpha value is -2.35. The lowest BCUT2D eigenvalue weighted by molar-refractivity contribution is -0.137. The first kappa shape index (κ1) is 21.9. The molecule has 2 aromatic rings. The maximum atomic E-state index is 13.2. The van der Waals surface area contributed by atoms with E-state index in [-0.39, 0.29) is 28.1 Å². The minimum atomic E-state index is -4.49. The normalized spacial score (nSPS) is 18.7. The van der Waals surface area contributed by atoms with Crippen molar-refractivity contribution in [2.75, 3.05) is 24.5 Å². The molecular formula is C22H22ClF4N3O. The van der Waals surface area contributed by atoms with Gasteiger partial charge in [0.05, 0.1) is 10.6 Å². The molecule has 166 valence electrons. The van der Waals surface area contributed by atoms with E-state index in [0.717, 1.165) is 30.7 Å². The standard InChI is InChI=1S/C22H22ClF4N3O/c23-18-11-16(22(25,26)27)12-28-19(18)30-9-5-14(6-10-30)20(31)29-13-21(7-8-21)15-1-3-17(24)4-2-15/h1-4,11-12,14H,5-10,13H2,(H,29,31). The molecule has 2 aliphatic rings. The van der Waals surface area contributed by atoms with Crippen molar-refractivity contribution in [3.05, 3.63) is 58.5 Å². The summed E-state index contributed by atoms with van der Waals surface area (Å²) in [7, 11) is 0. The van der Waals surface area contributed by atoms with Gasteiger partial charge in [-0.15, -0.1) is 0 Å². The summed E-state index contributed by atoms with van der Waals surface area (Å²) in [6.45, 7) is 1.49. The molecule has 2 heterocycles. The monoisotopic (exact) mass is 455 g/mol. The molecule has 1 amide bonds. The van der Waals surface area contributed by atoms with Crippen molar-refractivity contribution >= 4 is 23.3 Å². The van der Waals surface area contributed by atoms with Crippen molar-refractivity contribution in [1.82, 2.24) is 10.3 Å². The van der Waals surface area contributed by atoms with Crippen molar-refractivity contribution in [3.8, 4) is 0 Å². The van der Waals surface area contributed by atoms with Gasteiger partial charge in [0, 0.05) is 37.2 Å². The maximum absolute atomic E-state index is 13.2. The molecule has 4 nitrogen and oxygen atoms in total. The van der Waals surface area contributed by atoms with Gasteiger partial charge in [0.1, 0.15) is 11.6 Å². The number of benzene rings is 1. The lowest BCUT2D eigenvalue weighted by atomic mass is 9.93. The molecule has 0 unspecified atom stereocenters. The van der Waals surface area contributed by atoms with Crippen LogP contribution in [0.15, 0.2) is 36.5 Å². The quantitative estimate of drug-likeness (QED) is 0.648. The molecule has 31 heavy (non-hydrogen) atoms. The SMILES string of the molecule is O=C(NCC1(c2ccc(F)cc2)CC1)C1CCN(c2ncc(C(F)(F)F)cc2Cl)CC1. The molecule has 9 heteroatoms. The number of nitrogens with zero attached hydrogens (tertiary/aromatic N) is 2. The minimum Gasteiger partial charge on any atom is -0.355 e. The van der Waals surface area contributed by atoms with Crippen LogP contribution in [0.1, 0.15) is 36.8 Å². The second-order valence-corrected chi connectivity index (χ2v) is 8.70. The van der Waals surface area contributed by atoms with Crippen LogP contribution in [0, 0.1) is 11.7 Å². The fraction of sp³-hybridized carbons (Fsp3) is 0.455. The zero-order chi connectivity index (χ0) is 22.2. The number of anilines is 1. The highest BCUT2D eigenvalue weighted by Crippen LogP contribution is 2.47. The molecular weight excluding hydrogens is 434 g/mol. The number of halogens is 5. The van der Waals surface area contributed by atoms with Gasteiger partial charge >= 0.3 is 6.18 Å². The second kappa shape index (κ2) is 8.30. The predicted octanol–water partition coefficient (Wildman–Crippen LogP) is 4.96. The molecule has 0 spiro atoms. The molecule has 1 aromatic heterocycles. The molecule has 1 aliphatic carbocycles. The fourth-order valence-electron chi connectivity index (χ4n) is 4.09. The van der Waals surface area contributed by atoms with Crippen LogP contribution in [0.2, 0.25) is 5.02 Å². The van der Waals surface area contributed by atoms with E-state index in [1.54, 1.807) is 12.1 Å². The Labute approximate surface area is 182 Å².